The van der Waals surface area contributed by atoms with Crippen LogP contribution in [0.3, 0.4) is 0 Å². The number of hydrogen-bond acceptors (Lipinski definition) is 2. The maximum absolute atomic E-state index is 13.4. The van der Waals surface area contributed by atoms with Crippen LogP contribution in [0.2, 0.25) is 5.02 Å². The highest BCUT2D eigenvalue weighted by atomic mass is 35.5. The molecule has 2 unspecified atom stereocenters. The van der Waals surface area contributed by atoms with Gasteiger partial charge in [-0.25, -0.2) is 4.39 Å². The number of benzene rings is 1. The van der Waals surface area contributed by atoms with Gasteiger partial charge in [-0.2, -0.15) is 0 Å². The summed E-state index contributed by atoms with van der Waals surface area (Å²) in [4.78, 5) is 14.8. The molecule has 1 saturated heterocycles. The lowest BCUT2D eigenvalue weighted by Crippen LogP contribution is -2.60. The predicted molar refractivity (Wildman–Crippen MR) is 96.4 cm³/mol. The van der Waals surface area contributed by atoms with Gasteiger partial charge in [0.05, 0.1) is 11.1 Å². The van der Waals surface area contributed by atoms with Crippen molar-refractivity contribution in [3.63, 3.8) is 0 Å². The minimum Gasteiger partial charge on any atom is -0.351 e. The van der Waals surface area contributed by atoms with Crippen molar-refractivity contribution in [2.45, 2.75) is 59.2 Å². The van der Waals surface area contributed by atoms with E-state index in [-0.39, 0.29) is 23.0 Å². The number of hydrogen-bond donors (Lipinski definition) is 1. The van der Waals surface area contributed by atoms with Crippen LogP contribution >= 0.6 is 11.6 Å². The van der Waals surface area contributed by atoms with Gasteiger partial charge in [-0.1, -0.05) is 45.4 Å². The molecule has 0 aromatic heterocycles. The highest BCUT2D eigenvalue weighted by molar-refractivity contribution is 6.30. The Bertz CT molecular complexity index is 576. The Labute approximate surface area is 149 Å². The van der Waals surface area contributed by atoms with Crippen molar-refractivity contribution in [1.82, 2.24) is 10.2 Å². The number of piperazine rings is 1. The average molecular weight is 355 g/mol. The summed E-state index contributed by atoms with van der Waals surface area (Å²) in [5.41, 5.74) is 0.938. The number of halogens is 2. The second-order valence-corrected chi connectivity index (χ2v) is 8.07. The monoisotopic (exact) mass is 354 g/mol. The number of amides is 1. The summed E-state index contributed by atoms with van der Waals surface area (Å²) in [5, 5.41) is 3.31. The molecule has 24 heavy (non-hydrogen) atoms. The van der Waals surface area contributed by atoms with Crippen molar-refractivity contribution in [3.8, 4) is 0 Å². The van der Waals surface area contributed by atoms with Crippen LogP contribution in [-0.4, -0.2) is 29.4 Å². The van der Waals surface area contributed by atoms with Crippen molar-refractivity contribution in [2.24, 2.45) is 11.8 Å². The molecule has 1 amide bonds. The van der Waals surface area contributed by atoms with E-state index in [4.69, 9.17) is 11.6 Å². The molecule has 2 atom stereocenters. The molecular formula is C19H28ClFN2O. The normalized spacial score (nSPS) is 22.2. The van der Waals surface area contributed by atoms with Gasteiger partial charge >= 0.3 is 0 Å². The summed E-state index contributed by atoms with van der Waals surface area (Å²) < 4.78 is 13.4. The van der Waals surface area contributed by atoms with Gasteiger partial charge in [-0.15, -0.1) is 0 Å². The van der Waals surface area contributed by atoms with Gasteiger partial charge in [-0.3, -0.25) is 9.69 Å². The van der Waals surface area contributed by atoms with Crippen LogP contribution in [0.25, 0.3) is 0 Å². The first-order chi connectivity index (χ1) is 11.3. The Hall–Kier alpha value is -1.13. The molecule has 0 aliphatic carbocycles. The Morgan fingerprint density at radius 3 is 2.50 bits per heavy atom. The van der Waals surface area contributed by atoms with Gasteiger partial charge in [0.2, 0.25) is 5.91 Å². The number of nitrogens with one attached hydrogen (secondary N) is 1. The summed E-state index contributed by atoms with van der Waals surface area (Å²) in [6.45, 7) is 10.0. The maximum Gasteiger partial charge on any atom is 0.237 e. The standard InChI is InChI=1S/C19H28ClFN2O/c1-12(2)7-15-11-23(18(8-13(3)4)19(24)22-15)10-14-5-6-17(21)16(20)9-14/h5-6,9,12-13,15,18H,7-8,10-11H2,1-4H3,(H,22,24). The molecule has 0 bridgehead atoms. The molecule has 0 spiro atoms. The van der Waals surface area contributed by atoms with E-state index >= 15 is 0 Å². The fraction of sp³-hybridized carbons (Fsp3) is 0.632. The first kappa shape index (κ1) is 19.2. The van der Waals surface area contributed by atoms with Gasteiger partial charge in [-0.05, 0) is 42.4 Å². The lowest BCUT2D eigenvalue weighted by atomic mass is 9.94. The van der Waals surface area contributed by atoms with Gasteiger partial charge in [0.15, 0.2) is 0 Å². The molecule has 5 heteroatoms. The summed E-state index contributed by atoms with van der Waals surface area (Å²) in [6, 6.07) is 4.82. The number of rotatable bonds is 6. The third kappa shape index (κ3) is 5.18. The third-order valence-electron chi connectivity index (χ3n) is 4.36. The number of carbonyl (C=O) groups is 1. The van der Waals surface area contributed by atoms with E-state index in [1.807, 2.05) is 0 Å². The Kier molecular flexibility index (Phi) is 6.64. The highest BCUT2D eigenvalue weighted by Gasteiger charge is 2.34. The molecule has 1 aliphatic heterocycles. The van der Waals surface area contributed by atoms with E-state index in [1.165, 1.54) is 6.07 Å². The average Bonchev–Trinajstić information content (AvgIpc) is 2.45. The molecule has 0 saturated carbocycles. The van der Waals surface area contributed by atoms with Crippen LogP contribution in [0, 0.1) is 17.7 Å². The number of nitrogens with zero attached hydrogens (tertiary/aromatic N) is 1. The van der Waals surface area contributed by atoms with Crippen LogP contribution in [0.5, 0.6) is 0 Å². The molecule has 0 radical (unpaired) electrons. The molecule has 1 aliphatic rings. The first-order valence-corrected chi connectivity index (χ1v) is 9.12. The summed E-state index contributed by atoms with van der Waals surface area (Å²) >= 11 is 5.91. The lowest BCUT2D eigenvalue weighted by molar-refractivity contribution is -0.132. The Balaban J connectivity index is 2.17. The Morgan fingerprint density at radius 2 is 1.92 bits per heavy atom. The lowest BCUT2D eigenvalue weighted by Gasteiger charge is -2.40. The van der Waals surface area contributed by atoms with Gasteiger partial charge in [0.25, 0.3) is 0 Å². The summed E-state index contributed by atoms with van der Waals surface area (Å²) in [7, 11) is 0. The van der Waals surface area contributed by atoms with Crippen LogP contribution < -0.4 is 5.32 Å². The van der Waals surface area contributed by atoms with E-state index in [0.717, 1.165) is 24.9 Å². The van der Waals surface area contributed by atoms with Gasteiger partial charge in [0.1, 0.15) is 5.82 Å². The zero-order valence-electron chi connectivity index (χ0n) is 15.0. The fourth-order valence-corrected chi connectivity index (χ4v) is 3.57. The van der Waals surface area contributed by atoms with Crippen molar-refractivity contribution >= 4 is 17.5 Å². The van der Waals surface area contributed by atoms with E-state index in [9.17, 15) is 9.18 Å². The van der Waals surface area contributed by atoms with Crippen LogP contribution in [-0.2, 0) is 11.3 Å². The minimum atomic E-state index is -0.409. The maximum atomic E-state index is 13.4. The second kappa shape index (κ2) is 8.30. The van der Waals surface area contributed by atoms with E-state index in [1.54, 1.807) is 12.1 Å². The smallest absolute Gasteiger partial charge is 0.237 e. The number of carbonyl (C=O) groups excluding carboxylic acids is 1. The van der Waals surface area contributed by atoms with Crippen LogP contribution in [0.4, 0.5) is 4.39 Å². The summed E-state index contributed by atoms with van der Waals surface area (Å²) in [5.74, 6) is 0.655. The molecule has 134 valence electrons. The second-order valence-electron chi connectivity index (χ2n) is 7.66. The molecule has 1 fully saturated rings. The van der Waals surface area contributed by atoms with Crippen LogP contribution in [0.15, 0.2) is 18.2 Å². The summed E-state index contributed by atoms with van der Waals surface area (Å²) in [6.07, 6.45) is 1.77. The molecule has 1 aromatic rings. The van der Waals surface area contributed by atoms with Crippen molar-refractivity contribution in [1.29, 1.82) is 0 Å². The zero-order valence-corrected chi connectivity index (χ0v) is 15.7. The minimum absolute atomic E-state index is 0.105. The van der Waals surface area contributed by atoms with Crippen molar-refractivity contribution < 1.29 is 9.18 Å². The highest BCUT2D eigenvalue weighted by Crippen LogP contribution is 2.23. The van der Waals surface area contributed by atoms with E-state index in [0.29, 0.717) is 18.4 Å². The van der Waals surface area contributed by atoms with Gasteiger partial charge in [0, 0.05) is 19.1 Å². The van der Waals surface area contributed by atoms with Gasteiger partial charge < -0.3 is 5.32 Å². The molecule has 3 nitrogen and oxygen atoms in total. The molecular weight excluding hydrogens is 327 g/mol. The van der Waals surface area contributed by atoms with Crippen LogP contribution in [0.1, 0.15) is 46.1 Å². The van der Waals surface area contributed by atoms with E-state index < -0.39 is 5.82 Å². The van der Waals surface area contributed by atoms with Crippen molar-refractivity contribution in [3.05, 3.63) is 34.6 Å². The van der Waals surface area contributed by atoms with Crippen molar-refractivity contribution in [2.75, 3.05) is 6.54 Å². The first-order valence-electron chi connectivity index (χ1n) is 8.74. The molecule has 1 N–H and O–H groups in total. The predicted octanol–water partition coefficient (Wildman–Crippen LogP) is 4.24. The quantitative estimate of drug-likeness (QED) is 0.828. The topological polar surface area (TPSA) is 32.3 Å². The van der Waals surface area contributed by atoms with E-state index in [2.05, 4.69) is 37.9 Å². The molecule has 1 heterocycles. The molecule has 2 rings (SSSR count). The largest absolute Gasteiger partial charge is 0.351 e. The Morgan fingerprint density at radius 1 is 1.25 bits per heavy atom. The fourth-order valence-electron chi connectivity index (χ4n) is 3.37. The third-order valence-corrected chi connectivity index (χ3v) is 4.65. The molecule has 1 aromatic carbocycles. The SMILES string of the molecule is CC(C)CC1CN(Cc2ccc(F)c(Cl)c2)C(CC(C)C)C(=O)N1. The zero-order chi connectivity index (χ0) is 17.9.